The monoisotopic (exact) mass is 231 g/mol. The van der Waals surface area contributed by atoms with E-state index in [9.17, 15) is 9.18 Å². The Kier molecular flexibility index (Phi) is 2.94. The van der Waals surface area contributed by atoms with Crippen molar-refractivity contribution in [2.75, 3.05) is 6.54 Å². The Labute approximate surface area is 77.7 Å². The number of benzene rings is 1. The van der Waals surface area contributed by atoms with Gasteiger partial charge in [0.2, 0.25) is 0 Å². The number of ketones is 1. The van der Waals surface area contributed by atoms with Crippen molar-refractivity contribution in [2.24, 2.45) is 5.73 Å². The van der Waals surface area contributed by atoms with E-state index in [-0.39, 0.29) is 17.9 Å². The maximum atomic E-state index is 13.0. The molecule has 0 heterocycles. The Balaban J connectivity index is 3.09. The molecule has 0 aliphatic carbocycles. The fourth-order valence-corrected chi connectivity index (χ4v) is 1.16. The lowest BCUT2D eigenvalue weighted by atomic mass is 10.1. The van der Waals surface area contributed by atoms with E-state index in [0.717, 1.165) is 0 Å². The van der Waals surface area contributed by atoms with Gasteiger partial charge in [-0.2, -0.15) is 0 Å². The maximum Gasteiger partial charge on any atom is 0.179 e. The lowest BCUT2D eigenvalue weighted by molar-refractivity contribution is 0.0997. The third-order valence-corrected chi connectivity index (χ3v) is 1.91. The van der Waals surface area contributed by atoms with Crippen LogP contribution in [0.25, 0.3) is 0 Å². The molecule has 0 amide bonds. The summed E-state index contributed by atoms with van der Waals surface area (Å²) in [6, 6.07) is 4.25. The molecule has 0 atom stereocenters. The van der Waals surface area contributed by atoms with E-state index in [1.165, 1.54) is 12.1 Å². The molecule has 0 aliphatic heterocycles. The van der Waals surface area contributed by atoms with Crippen molar-refractivity contribution in [1.29, 1.82) is 0 Å². The van der Waals surface area contributed by atoms with Crippen LogP contribution in [0.4, 0.5) is 4.39 Å². The Morgan fingerprint density at radius 2 is 2.25 bits per heavy atom. The summed E-state index contributed by atoms with van der Waals surface area (Å²) < 4.78 is 13.6. The first-order chi connectivity index (χ1) is 5.65. The number of carbonyl (C=O) groups excluding carboxylic acids is 1. The zero-order valence-electron chi connectivity index (χ0n) is 6.18. The number of Topliss-reactive ketones (excluding diaryl/α,β-unsaturated/α-hetero) is 1. The van der Waals surface area contributed by atoms with Gasteiger partial charge in [-0.1, -0.05) is 15.9 Å². The molecule has 4 heteroatoms. The molecule has 0 bridgehead atoms. The number of carbonyl (C=O) groups is 1. The van der Waals surface area contributed by atoms with Gasteiger partial charge in [-0.05, 0) is 18.2 Å². The molecule has 0 fully saturated rings. The third-order valence-electron chi connectivity index (χ3n) is 1.42. The third kappa shape index (κ3) is 1.89. The van der Waals surface area contributed by atoms with Crippen LogP contribution in [-0.2, 0) is 0 Å². The van der Waals surface area contributed by atoms with E-state index in [4.69, 9.17) is 5.73 Å². The SMILES string of the molecule is NCC(=O)c1ccc(Br)cc1F. The minimum absolute atomic E-state index is 0.0423. The molecule has 0 aromatic heterocycles. The summed E-state index contributed by atoms with van der Waals surface area (Å²) in [5.41, 5.74) is 5.13. The summed E-state index contributed by atoms with van der Waals surface area (Å²) in [5.74, 6) is -0.931. The molecule has 64 valence electrons. The van der Waals surface area contributed by atoms with Crippen molar-refractivity contribution in [3.8, 4) is 0 Å². The van der Waals surface area contributed by atoms with Gasteiger partial charge in [0.25, 0.3) is 0 Å². The zero-order valence-corrected chi connectivity index (χ0v) is 7.77. The van der Waals surface area contributed by atoms with Crippen molar-refractivity contribution >= 4 is 21.7 Å². The van der Waals surface area contributed by atoms with Gasteiger partial charge >= 0.3 is 0 Å². The first kappa shape index (κ1) is 9.35. The van der Waals surface area contributed by atoms with Gasteiger partial charge in [0.15, 0.2) is 5.78 Å². The van der Waals surface area contributed by atoms with Crippen molar-refractivity contribution in [1.82, 2.24) is 0 Å². The largest absolute Gasteiger partial charge is 0.324 e. The van der Waals surface area contributed by atoms with Gasteiger partial charge < -0.3 is 5.73 Å². The Bertz CT molecular complexity index is 314. The van der Waals surface area contributed by atoms with E-state index >= 15 is 0 Å². The van der Waals surface area contributed by atoms with E-state index in [2.05, 4.69) is 15.9 Å². The highest BCUT2D eigenvalue weighted by atomic mass is 79.9. The minimum atomic E-state index is -0.542. The van der Waals surface area contributed by atoms with Crippen LogP contribution in [0.5, 0.6) is 0 Å². The molecule has 0 unspecified atom stereocenters. The lowest BCUT2D eigenvalue weighted by Crippen LogP contribution is -2.14. The molecule has 12 heavy (non-hydrogen) atoms. The van der Waals surface area contributed by atoms with Crippen LogP contribution in [0.3, 0.4) is 0 Å². The molecule has 1 aromatic rings. The number of rotatable bonds is 2. The van der Waals surface area contributed by atoms with Gasteiger partial charge in [0, 0.05) is 4.47 Å². The predicted octanol–water partition coefficient (Wildman–Crippen LogP) is 1.73. The Morgan fingerprint density at radius 3 is 2.75 bits per heavy atom. The molecule has 0 spiro atoms. The highest BCUT2D eigenvalue weighted by molar-refractivity contribution is 9.10. The first-order valence-electron chi connectivity index (χ1n) is 3.33. The summed E-state index contributed by atoms with van der Waals surface area (Å²) in [4.78, 5) is 11.0. The molecule has 1 aromatic carbocycles. The van der Waals surface area contributed by atoms with Crippen LogP contribution in [0.2, 0.25) is 0 Å². The summed E-state index contributed by atoms with van der Waals surface area (Å²) in [7, 11) is 0. The predicted molar refractivity (Wildman–Crippen MR) is 47.5 cm³/mol. The number of hydrogen-bond acceptors (Lipinski definition) is 2. The number of nitrogens with two attached hydrogens (primary N) is 1. The van der Waals surface area contributed by atoms with Gasteiger partial charge in [0.05, 0.1) is 12.1 Å². The van der Waals surface area contributed by atoms with Crippen LogP contribution in [0.15, 0.2) is 22.7 Å². The van der Waals surface area contributed by atoms with E-state index in [0.29, 0.717) is 4.47 Å². The van der Waals surface area contributed by atoms with Crippen molar-refractivity contribution < 1.29 is 9.18 Å². The highest BCUT2D eigenvalue weighted by Gasteiger charge is 2.09. The second-order valence-corrected chi connectivity index (χ2v) is 3.17. The smallest absolute Gasteiger partial charge is 0.179 e. The van der Waals surface area contributed by atoms with Gasteiger partial charge in [-0.3, -0.25) is 4.79 Å². The van der Waals surface area contributed by atoms with Crippen molar-refractivity contribution in [2.45, 2.75) is 0 Å². The topological polar surface area (TPSA) is 43.1 Å². The van der Waals surface area contributed by atoms with Crippen LogP contribution >= 0.6 is 15.9 Å². The molecular formula is C8H7BrFNO. The number of halogens is 2. The normalized spacial score (nSPS) is 9.92. The van der Waals surface area contributed by atoms with Crippen LogP contribution in [-0.4, -0.2) is 12.3 Å². The molecule has 0 aliphatic rings. The summed E-state index contributed by atoms with van der Waals surface area (Å²) in [6.07, 6.45) is 0. The molecule has 0 saturated heterocycles. The zero-order chi connectivity index (χ0) is 9.14. The van der Waals surface area contributed by atoms with Crippen LogP contribution in [0.1, 0.15) is 10.4 Å². The molecule has 1 rings (SSSR count). The van der Waals surface area contributed by atoms with Crippen molar-refractivity contribution in [3.05, 3.63) is 34.1 Å². The van der Waals surface area contributed by atoms with Gasteiger partial charge in [-0.15, -0.1) is 0 Å². The first-order valence-corrected chi connectivity index (χ1v) is 4.12. The number of hydrogen-bond donors (Lipinski definition) is 1. The van der Waals surface area contributed by atoms with Crippen molar-refractivity contribution in [3.63, 3.8) is 0 Å². The molecule has 0 radical (unpaired) electrons. The standard InChI is InChI=1S/C8H7BrFNO/c9-5-1-2-6(7(10)3-5)8(12)4-11/h1-3H,4,11H2. The van der Waals surface area contributed by atoms with Crippen LogP contribution < -0.4 is 5.73 Å². The summed E-state index contributed by atoms with van der Waals surface area (Å²) in [5, 5.41) is 0. The summed E-state index contributed by atoms with van der Waals surface area (Å²) in [6.45, 7) is -0.168. The van der Waals surface area contributed by atoms with E-state index < -0.39 is 5.82 Å². The Hall–Kier alpha value is -0.740. The van der Waals surface area contributed by atoms with Crippen LogP contribution in [0, 0.1) is 5.82 Å². The molecule has 0 saturated carbocycles. The molecule has 2 nitrogen and oxygen atoms in total. The molecule has 2 N–H and O–H groups in total. The van der Waals surface area contributed by atoms with Gasteiger partial charge in [-0.25, -0.2) is 4.39 Å². The summed E-state index contributed by atoms with van der Waals surface area (Å²) >= 11 is 3.08. The maximum absolute atomic E-state index is 13.0. The highest BCUT2D eigenvalue weighted by Crippen LogP contribution is 2.15. The average molecular weight is 232 g/mol. The second-order valence-electron chi connectivity index (χ2n) is 2.25. The lowest BCUT2D eigenvalue weighted by Gasteiger charge is -1.99. The van der Waals surface area contributed by atoms with Gasteiger partial charge in [0.1, 0.15) is 5.82 Å². The minimum Gasteiger partial charge on any atom is -0.324 e. The van der Waals surface area contributed by atoms with E-state index in [1.54, 1.807) is 6.07 Å². The second kappa shape index (κ2) is 3.78. The Morgan fingerprint density at radius 1 is 1.58 bits per heavy atom. The average Bonchev–Trinajstić information content (AvgIpc) is 2.03. The fourth-order valence-electron chi connectivity index (χ4n) is 0.826. The van der Waals surface area contributed by atoms with E-state index in [1.807, 2.05) is 0 Å². The fraction of sp³-hybridized carbons (Fsp3) is 0.125. The molecular weight excluding hydrogens is 225 g/mol. The quantitative estimate of drug-likeness (QED) is 0.789.